The summed E-state index contributed by atoms with van der Waals surface area (Å²) in [7, 11) is -9.79. The van der Waals surface area contributed by atoms with E-state index in [1.807, 2.05) is 0 Å². The van der Waals surface area contributed by atoms with Crippen LogP contribution in [-0.2, 0) is 55.8 Å². The summed E-state index contributed by atoms with van der Waals surface area (Å²) in [5.74, 6) is -1.59. The molecule has 0 bridgehead atoms. The van der Waals surface area contributed by atoms with E-state index < -0.39 is 91.5 Å². The molecule has 582 valence electrons. The van der Waals surface area contributed by atoms with Crippen LogP contribution in [0.25, 0.3) is 0 Å². The van der Waals surface area contributed by atoms with Crippen molar-refractivity contribution in [3.63, 3.8) is 0 Å². The number of esters is 3. The molecule has 0 radical (unpaired) electrons. The van der Waals surface area contributed by atoms with E-state index in [1.165, 1.54) is 109 Å². The molecule has 101 heavy (non-hydrogen) atoms. The van der Waals surface area contributed by atoms with Crippen molar-refractivity contribution in [3.05, 3.63) is 122 Å². The summed E-state index contributed by atoms with van der Waals surface area (Å²) in [4.78, 5) is 58.6. The predicted octanol–water partition coefficient (Wildman–Crippen LogP) is 23.3. The van der Waals surface area contributed by atoms with E-state index in [2.05, 4.69) is 142 Å². The number of unbranched alkanes of at least 4 members (excludes halogenated alkanes) is 32. The SMILES string of the molecule is CC/C=C\C/C=C\C/C=C\C/C=C\C/C=C\CCCCCCCCCCCCCCCC(=O)OCC(O)COP(=O)(O)OCC(O)COP(=O)(O)OCC(COC(=O)CCCCCCCCC/C=C\C/C=C\C/C=C\C/C=C\CCCCC)OC(=O)CCCCCCC/C=C\CCCCCC. The molecule has 18 heteroatoms. The van der Waals surface area contributed by atoms with Gasteiger partial charge in [-0.25, -0.2) is 9.13 Å². The van der Waals surface area contributed by atoms with E-state index in [0.717, 1.165) is 161 Å². The molecule has 0 aromatic carbocycles. The van der Waals surface area contributed by atoms with E-state index >= 15 is 0 Å². The van der Waals surface area contributed by atoms with Gasteiger partial charge in [-0.2, -0.15) is 0 Å². The Morgan fingerprint density at radius 3 is 0.861 bits per heavy atom. The minimum absolute atomic E-state index is 0.0910. The maximum atomic E-state index is 12.9. The Balaban J connectivity index is 4.50. The molecule has 0 spiro atoms. The minimum atomic E-state index is -4.93. The number of phosphoric ester groups is 2. The number of carbonyl (C=O) groups is 3. The fourth-order valence-electron chi connectivity index (χ4n) is 10.6. The highest BCUT2D eigenvalue weighted by molar-refractivity contribution is 7.47. The number of aliphatic hydroxyl groups excluding tert-OH is 2. The third-order valence-electron chi connectivity index (χ3n) is 16.6. The van der Waals surface area contributed by atoms with Crippen molar-refractivity contribution in [3.8, 4) is 0 Å². The molecule has 5 atom stereocenters. The number of hydrogen-bond acceptors (Lipinski definition) is 14. The van der Waals surface area contributed by atoms with Gasteiger partial charge in [-0.05, 0) is 135 Å². The summed E-state index contributed by atoms with van der Waals surface area (Å²) in [5, 5.41) is 20.6. The van der Waals surface area contributed by atoms with Crippen molar-refractivity contribution in [1.82, 2.24) is 0 Å². The highest BCUT2D eigenvalue weighted by Gasteiger charge is 2.29. The maximum Gasteiger partial charge on any atom is 0.472 e. The second-order valence-electron chi connectivity index (χ2n) is 26.5. The number of rotatable bonds is 75. The van der Waals surface area contributed by atoms with Crippen LogP contribution in [0, 0.1) is 0 Å². The molecule has 4 N–H and O–H groups in total. The van der Waals surface area contributed by atoms with Gasteiger partial charge in [0, 0.05) is 19.3 Å². The predicted molar refractivity (Wildman–Crippen MR) is 417 cm³/mol. The van der Waals surface area contributed by atoms with Crippen molar-refractivity contribution >= 4 is 33.6 Å². The van der Waals surface area contributed by atoms with Crippen LogP contribution in [0.3, 0.4) is 0 Å². The van der Waals surface area contributed by atoms with Crippen LogP contribution in [0.1, 0.15) is 329 Å². The molecule has 0 heterocycles. The topological polar surface area (TPSA) is 231 Å². The Morgan fingerprint density at radius 2 is 0.525 bits per heavy atom. The smallest absolute Gasteiger partial charge is 0.463 e. The summed E-state index contributed by atoms with van der Waals surface area (Å²) in [6, 6.07) is 0. The highest BCUT2D eigenvalue weighted by Crippen LogP contribution is 2.45. The van der Waals surface area contributed by atoms with Gasteiger partial charge in [0.15, 0.2) is 6.10 Å². The molecular weight excluding hydrogens is 1310 g/mol. The van der Waals surface area contributed by atoms with Gasteiger partial charge in [0.25, 0.3) is 0 Å². The van der Waals surface area contributed by atoms with Crippen LogP contribution in [0.4, 0.5) is 0 Å². The van der Waals surface area contributed by atoms with Crippen molar-refractivity contribution in [2.75, 3.05) is 39.6 Å². The zero-order valence-electron chi connectivity index (χ0n) is 63.5. The second-order valence-corrected chi connectivity index (χ2v) is 29.4. The molecule has 0 rings (SSSR count). The minimum Gasteiger partial charge on any atom is -0.463 e. The van der Waals surface area contributed by atoms with Gasteiger partial charge < -0.3 is 34.2 Å². The van der Waals surface area contributed by atoms with Crippen molar-refractivity contribution in [2.24, 2.45) is 0 Å². The number of hydrogen-bond donors (Lipinski definition) is 4. The van der Waals surface area contributed by atoms with Gasteiger partial charge in [0.05, 0.1) is 26.4 Å². The van der Waals surface area contributed by atoms with Gasteiger partial charge in [-0.3, -0.25) is 32.5 Å². The Hall–Kier alpha value is -4.05. The number of carbonyl (C=O) groups excluding carboxylic acids is 3. The lowest BCUT2D eigenvalue weighted by Crippen LogP contribution is -2.30. The first kappa shape index (κ1) is 97.0. The maximum absolute atomic E-state index is 12.9. The Labute approximate surface area is 614 Å². The lowest BCUT2D eigenvalue weighted by Gasteiger charge is -2.21. The van der Waals surface area contributed by atoms with Crippen molar-refractivity contribution in [1.29, 1.82) is 0 Å². The van der Waals surface area contributed by atoms with Gasteiger partial charge in [-0.15, -0.1) is 0 Å². The number of ether oxygens (including phenoxy) is 3. The average molecular weight is 1460 g/mol. The van der Waals surface area contributed by atoms with E-state index in [-0.39, 0.29) is 19.3 Å². The van der Waals surface area contributed by atoms with E-state index in [9.17, 15) is 43.5 Å². The zero-order chi connectivity index (χ0) is 73.7. The molecule has 5 unspecified atom stereocenters. The third-order valence-corrected chi connectivity index (χ3v) is 18.5. The first-order valence-corrected chi connectivity index (χ1v) is 42.8. The number of allylic oxidation sites excluding steroid dienone is 20. The normalized spacial score (nSPS) is 14.6. The molecule has 0 aromatic rings. The molecular formula is C83H144O16P2. The molecule has 0 fully saturated rings. The van der Waals surface area contributed by atoms with Gasteiger partial charge >= 0.3 is 33.6 Å². The van der Waals surface area contributed by atoms with E-state index in [1.54, 1.807) is 0 Å². The molecule has 16 nitrogen and oxygen atoms in total. The van der Waals surface area contributed by atoms with Crippen LogP contribution in [-0.4, -0.2) is 95.9 Å². The van der Waals surface area contributed by atoms with Gasteiger partial charge in [0.2, 0.25) is 0 Å². The summed E-state index contributed by atoms with van der Waals surface area (Å²) in [5.41, 5.74) is 0. The summed E-state index contributed by atoms with van der Waals surface area (Å²) >= 11 is 0. The van der Waals surface area contributed by atoms with Crippen LogP contribution in [0.15, 0.2) is 122 Å². The summed E-state index contributed by atoms with van der Waals surface area (Å²) < 4.78 is 61.1. The van der Waals surface area contributed by atoms with Crippen LogP contribution in [0.5, 0.6) is 0 Å². The van der Waals surface area contributed by atoms with E-state index in [0.29, 0.717) is 19.3 Å². The van der Waals surface area contributed by atoms with Crippen LogP contribution < -0.4 is 0 Å². The average Bonchev–Trinajstić information content (AvgIpc) is 0.933. The molecule has 0 saturated heterocycles. The van der Waals surface area contributed by atoms with E-state index in [4.69, 9.17) is 32.3 Å². The van der Waals surface area contributed by atoms with Crippen LogP contribution in [0.2, 0.25) is 0 Å². The lowest BCUT2D eigenvalue weighted by molar-refractivity contribution is -0.161. The molecule has 0 aliphatic rings. The second kappa shape index (κ2) is 75.6. The Morgan fingerprint density at radius 1 is 0.287 bits per heavy atom. The fourth-order valence-corrected chi connectivity index (χ4v) is 12.2. The zero-order valence-corrected chi connectivity index (χ0v) is 65.3. The Kier molecular flexibility index (Phi) is 72.6. The number of phosphoric acid groups is 2. The quantitative estimate of drug-likeness (QED) is 0.0146. The molecule has 0 aliphatic carbocycles. The third kappa shape index (κ3) is 76.9. The first-order valence-electron chi connectivity index (χ1n) is 39.8. The molecule has 0 aliphatic heterocycles. The fraction of sp³-hybridized carbons (Fsp3) is 0.723. The van der Waals surface area contributed by atoms with Crippen LogP contribution >= 0.6 is 15.6 Å². The van der Waals surface area contributed by atoms with Gasteiger partial charge in [-0.1, -0.05) is 296 Å². The molecule has 0 amide bonds. The van der Waals surface area contributed by atoms with Gasteiger partial charge in [0.1, 0.15) is 25.4 Å². The summed E-state index contributed by atoms with van der Waals surface area (Å²) in [6.45, 7) is 2.52. The largest absolute Gasteiger partial charge is 0.472 e. The summed E-state index contributed by atoms with van der Waals surface area (Å²) in [6.07, 6.45) is 89.6. The monoisotopic (exact) mass is 1460 g/mol. The van der Waals surface area contributed by atoms with Crippen molar-refractivity contribution in [2.45, 2.75) is 347 Å². The standard InChI is InChI=1S/C83H144O16P2/c1-4-7-10-13-16-19-22-25-27-29-31-33-35-36-37-38-39-40-42-44-45-47-49-52-54-57-60-63-66-69-81(86)93-72-78(84)73-95-100(89,90)96-74-79(85)75-97-101(91,92)98-77-80(99-83(88)71-68-65-62-59-56-51-24-21-18-15-12-9-6-3)76-94-82(87)70-67-64-61-58-55-53-50-48-46-43-41-34-32-30-28-26-23-20-17-14-11-8-5-2/h7,10,16-17,19-21,24-28,31-34,36-37,43,46,78-80,84-85H,4-6,8-9,11-15,18,22-23,29-30,35,38-42,44-45,47-77H2,1-3H3,(H,89,90)(H,91,92)/b10-7-,19-16-,20-17-,24-21-,27-25-,28-26-,33-31-,34-32-,37-36-,46-43-. The highest BCUT2D eigenvalue weighted by atomic mass is 31.2. The molecule has 0 saturated carbocycles. The first-order chi connectivity index (χ1) is 49.2. The lowest BCUT2D eigenvalue weighted by atomic mass is 10.0. The number of aliphatic hydroxyl groups is 2. The Bertz CT molecular complexity index is 2320. The molecule has 0 aromatic heterocycles. The van der Waals surface area contributed by atoms with Crippen molar-refractivity contribution < 1.29 is 75.8 Å².